The summed E-state index contributed by atoms with van der Waals surface area (Å²) in [4.78, 5) is 2.16. The molecule has 1 fully saturated rings. The predicted molar refractivity (Wildman–Crippen MR) is 79.2 cm³/mol. The van der Waals surface area contributed by atoms with E-state index < -0.39 is 0 Å². The van der Waals surface area contributed by atoms with E-state index in [9.17, 15) is 0 Å². The second kappa shape index (κ2) is 6.17. The molecule has 1 saturated carbocycles. The summed E-state index contributed by atoms with van der Waals surface area (Å²) in [7, 11) is 0. The fraction of sp³-hybridized carbons (Fsp3) is 0.643. The Kier molecular flexibility index (Phi) is 4.54. The van der Waals surface area contributed by atoms with Crippen molar-refractivity contribution in [3.05, 3.63) is 16.8 Å². The number of hydrogen-bond acceptors (Lipinski definition) is 5. The Morgan fingerprint density at radius 2 is 2.10 bits per heavy atom. The molecule has 1 aliphatic rings. The van der Waals surface area contributed by atoms with Crippen molar-refractivity contribution >= 4 is 11.7 Å². The number of aromatic nitrogens is 2. The lowest BCUT2D eigenvalue weighted by Crippen LogP contribution is -2.43. The van der Waals surface area contributed by atoms with Gasteiger partial charge in [-0.3, -0.25) is 5.41 Å². The van der Waals surface area contributed by atoms with Gasteiger partial charge in [0.1, 0.15) is 5.84 Å². The zero-order valence-electron chi connectivity index (χ0n) is 12.2. The molecule has 1 aliphatic carbocycles. The van der Waals surface area contributed by atoms with E-state index in [0.717, 1.165) is 30.6 Å². The Morgan fingerprint density at radius 1 is 1.40 bits per heavy atom. The molecule has 6 nitrogen and oxygen atoms in total. The molecule has 0 saturated heterocycles. The predicted octanol–water partition coefficient (Wildman–Crippen LogP) is 1.12. The number of nitrogen functional groups attached to an aromatic ring is 1. The molecule has 6 heteroatoms. The number of amidine groups is 1. The highest BCUT2D eigenvalue weighted by Gasteiger charge is 2.29. The number of anilines is 1. The van der Waals surface area contributed by atoms with Gasteiger partial charge in [-0.05, 0) is 45.1 Å². The Balaban J connectivity index is 2.41. The molecule has 0 radical (unpaired) electrons. The van der Waals surface area contributed by atoms with E-state index in [2.05, 4.69) is 15.1 Å². The van der Waals surface area contributed by atoms with E-state index in [1.54, 1.807) is 0 Å². The number of aliphatic hydroxyl groups excluding tert-OH is 1. The number of hydrogen-bond donors (Lipinski definition) is 3. The number of rotatable bonds is 6. The molecule has 0 spiro atoms. The minimum absolute atomic E-state index is 0.0313. The van der Waals surface area contributed by atoms with Crippen LogP contribution in [0.5, 0.6) is 0 Å². The number of nitrogens with two attached hydrogens (primary N) is 1. The van der Waals surface area contributed by atoms with Gasteiger partial charge in [0, 0.05) is 19.2 Å². The number of nitrogens with zero attached hydrogens (tertiary/aromatic N) is 3. The lowest BCUT2D eigenvalue weighted by molar-refractivity contribution is 0.282. The summed E-state index contributed by atoms with van der Waals surface area (Å²) in [5.74, 6) is 0.725. The van der Waals surface area contributed by atoms with E-state index in [-0.39, 0.29) is 12.4 Å². The van der Waals surface area contributed by atoms with Gasteiger partial charge < -0.3 is 15.7 Å². The molecule has 0 bridgehead atoms. The maximum absolute atomic E-state index is 9.08. The molecule has 20 heavy (non-hydrogen) atoms. The van der Waals surface area contributed by atoms with Crippen LogP contribution in [0.3, 0.4) is 0 Å². The zero-order chi connectivity index (χ0) is 14.7. The van der Waals surface area contributed by atoms with Gasteiger partial charge in [-0.25, -0.2) is 0 Å². The summed E-state index contributed by atoms with van der Waals surface area (Å²) in [5, 5.41) is 25.4. The van der Waals surface area contributed by atoms with Gasteiger partial charge in [-0.15, -0.1) is 5.10 Å². The Labute approximate surface area is 119 Å². The maximum atomic E-state index is 9.08. The van der Waals surface area contributed by atoms with Crippen LogP contribution in [0.2, 0.25) is 0 Å². The highest BCUT2D eigenvalue weighted by atomic mass is 16.3. The Hall–Kier alpha value is -1.69. The number of aliphatic hydroxyl groups is 1. The number of nitrogens with one attached hydrogen (secondary N) is 1. The second-order valence-electron chi connectivity index (χ2n) is 5.38. The van der Waals surface area contributed by atoms with Crippen LogP contribution < -0.4 is 10.6 Å². The van der Waals surface area contributed by atoms with Gasteiger partial charge in [0.05, 0.1) is 11.3 Å². The zero-order valence-corrected chi connectivity index (χ0v) is 12.2. The quantitative estimate of drug-likeness (QED) is 0.534. The van der Waals surface area contributed by atoms with Crippen molar-refractivity contribution < 1.29 is 5.11 Å². The van der Waals surface area contributed by atoms with Crippen LogP contribution in [0.25, 0.3) is 0 Å². The van der Waals surface area contributed by atoms with Gasteiger partial charge in [-0.2, -0.15) is 5.10 Å². The molecule has 110 valence electrons. The fourth-order valence-corrected chi connectivity index (χ4v) is 2.52. The summed E-state index contributed by atoms with van der Waals surface area (Å²) in [6.07, 6.45) is 4.14. The highest BCUT2D eigenvalue weighted by Crippen LogP contribution is 2.31. The SMILES string of the molecule is Cc1nnc(N(CCCO)C2CCC2)c(C(=N)N)c1C. The first-order chi connectivity index (χ1) is 9.56. The Bertz CT molecular complexity index is 499. The first-order valence-electron chi connectivity index (χ1n) is 7.12. The van der Waals surface area contributed by atoms with Crippen molar-refractivity contribution in [3.63, 3.8) is 0 Å². The summed E-state index contributed by atoms with van der Waals surface area (Å²) in [6.45, 7) is 4.67. The van der Waals surface area contributed by atoms with Crippen molar-refractivity contribution in [2.45, 2.75) is 45.6 Å². The first kappa shape index (κ1) is 14.7. The van der Waals surface area contributed by atoms with E-state index >= 15 is 0 Å². The summed E-state index contributed by atoms with van der Waals surface area (Å²) < 4.78 is 0. The second-order valence-corrected chi connectivity index (χ2v) is 5.38. The van der Waals surface area contributed by atoms with Crippen LogP contribution >= 0.6 is 0 Å². The molecular formula is C14H23N5O. The van der Waals surface area contributed by atoms with Crippen LogP contribution in [0, 0.1) is 19.3 Å². The first-order valence-corrected chi connectivity index (χ1v) is 7.12. The molecule has 0 atom stereocenters. The molecule has 0 aliphatic heterocycles. The molecule has 1 aromatic rings. The molecule has 0 unspecified atom stereocenters. The topological polar surface area (TPSA) is 99.1 Å². The van der Waals surface area contributed by atoms with Gasteiger partial charge in [0.2, 0.25) is 0 Å². The normalized spacial score (nSPS) is 14.9. The lowest BCUT2D eigenvalue weighted by Gasteiger charge is -2.39. The molecular weight excluding hydrogens is 254 g/mol. The third-order valence-electron chi connectivity index (χ3n) is 4.05. The highest BCUT2D eigenvalue weighted by molar-refractivity contribution is 6.01. The lowest BCUT2D eigenvalue weighted by atomic mass is 9.90. The van der Waals surface area contributed by atoms with Gasteiger partial charge in [0.15, 0.2) is 5.82 Å². The smallest absolute Gasteiger partial charge is 0.162 e. The Morgan fingerprint density at radius 3 is 2.60 bits per heavy atom. The average Bonchev–Trinajstić information content (AvgIpc) is 2.34. The molecule has 4 N–H and O–H groups in total. The fourth-order valence-electron chi connectivity index (χ4n) is 2.52. The van der Waals surface area contributed by atoms with Crippen LogP contribution in [0.4, 0.5) is 5.82 Å². The molecule has 2 rings (SSSR count). The summed E-state index contributed by atoms with van der Waals surface area (Å²) in [5.41, 5.74) is 8.15. The van der Waals surface area contributed by atoms with E-state index in [0.29, 0.717) is 23.8 Å². The van der Waals surface area contributed by atoms with Gasteiger partial charge in [0.25, 0.3) is 0 Å². The van der Waals surface area contributed by atoms with Crippen LogP contribution in [-0.2, 0) is 0 Å². The average molecular weight is 277 g/mol. The summed E-state index contributed by atoms with van der Waals surface area (Å²) in [6, 6.07) is 0.427. The molecule has 0 aromatic carbocycles. The third kappa shape index (κ3) is 2.75. The van der Waals surface area contributed by atoms with Crippen LogP contribution in [0.1, 0.15) is 42.5 Å². The maximum Gasteiger partial charge on any atom is 0.162 e. The van der Waals surface area contributed by atoms with Crippen molar-refractivity contribution in [3.8, 4) is 0 Å². The minimum Gasteiger partial charge on any atom is -0.396 e. The third-order valence-corrected chi connectivity index (χ3v) is 4.05. The van der Waals surface area contributed by atoms with E-state index in [1.165, 1.54) is 6.42 Å². The molecule has 0 amide bonds. The van der Waals surface area contributed by atoms with E-state index in [4.69, 9.17) is 16.2 Å². The summed E-state index contributed by atoms with van der Waals surface area (Å²) >= 11 is 0. The number of aryl methyl sites for hydroxylation is 1. The van der Waals surface area contributed by atoms with Crippen LogP contribution in [-0.4, -0.2) is 40.3 Å². The minimum atomic E-state index is 0.0313. The van der Waals surface area contributed by atoms with Crippen molar-refractivity contribution in [2.75, 3.05) is 18.1 Å². The van der Waals surface area contributed by atoms with Crippen molar-refractivity contribution in [1.82, 2.24) is 10.2 Å². The molecule has 1 aromatic heterocycles. The standard InChI is InChI=1S/C14H23N5O/c1-9-10(2)17-18-14(12(9)13(15)16)19(7-4-8-20)11-5-3-6-11/h11,20H,3-8H2,1-2H3,(H3,15,16). The monoisotopic (exact) mass is 277 g/mol. The van der Waals surface area contributed by atoms with E-state index in [1.807, 2.05) is 13.8 Å². The van der Waals surface area contributed by atoms with Gasteiger partial charge >= 0.3 is 0 Å². The largest absolute Gasteiger partial charge is 0.396 e. The van der Waals surface area contributed by atoms with Crippen molar-refractivity contribution in [1.29, 1.82) is 5.41 Å². The van der Waals surface area contributed by atoms with Crippen molar-refractivity contribution in [2.24, 2.45) is 5.73 Å². The molecule has 1 heterocycles. The van der Waals surface area contributed by atoms with Gasteiger partial charge in [-0.1, -0.05) is 0 Å². The van der Waals surface area contributed by atoms with Crippen LogP contribution in [0.15, 0.2) is 0 Å².